The monoisotopic (exact) mass is 361 g/mol. The van der Waals surface area contributed by atoms with E-state index in [1.54, 1.807) is 0 Å². The van der Waals surface area contributed by atoms with Gasteiger partial charge in [-0.1, -0.05) is 0 Å². The first kappa shape index (κ1) is 20.2. The Kier molecular flexibility index (Phi) is 7.91. The SMILES string of the molecule is O=[N+]([O-])c1ccc(NC(=S)NC[C@H](O)[C@@H](O)[C@H](O)[C@H](O)CO)cc1. The first-order valence-electron chi connectivity index (χ1n) is 6.88. The smallest absolute Gasteiger partial charge is 0.269 e. The van der Waals surface area contributed by atoms with Crippen molar-refractivity contribution in [1.29, 1.82) is 0 Å². The van der Waals surface area contributed by atoms with Gasteiger partial charge < -0.3 is 36.2 Å². The van der Waals surface area contributed by atoms with Crippen molar-refractivity contribution in [1.82, 2.24) is 5.32 Å². The molecule has 0 fully saturated rings. The van der Waals surface area contributed by atoms with Gasteiger partial charge in [0, 0.05) is 24.4 Å². The molecule has 7 N–H and O–H groups in total. The number of aliphatic hydroxyl groups excluding tert-OH is 5. The van der Waals surface area contributed by atoms with E-state index in [1.807, 2.05) is 0 Å². The summed E-state index contributed by atoms with van der Waals surface area (Å²) in [5.74, 6) is 0. The molecule has 0 saturated heterocycles. The van der Waals surface area contributed by atoms with Crippen molar-refractivity contribution in [3.63, 3.8) is 0 Å². The molecule has 0 bridgehead atoms. The van der Waals surface area contributed by atoms with Crippen LogP contribution in [0.3, 0.4) is 0 Å². The number of hydrogen-bond donors (Lipinski definition) is 7. The normalized spacial score (nSPS) is 15.9. The maximum atomic E-state index is 10.5. The lowest BCUT2D eigenvalue weighted by Gasteiger charge is -2.26. The maximum Gasteiger partial charge on any atom is 0.269 e. The summed E-state index contributed by atoms with van der Waals surface area (Å²) in [7, 11) is 0. The summed E-state index contributed by atoms with van der Waals surface area (Å²) >= 11 is 4.96. The Balaban J connectivity index is 2.46. The zero-order valence-corrected chi connectivity index (χ0v) is 13.3. The lowest BCUT2D eigenvalue weighted by Crippen LogP contribution is -2.50. The van der Waals surface area contributed by atoms with Gasteiger partial charge in [-0.05, 0) is 24.4 Å². The minimum absolute atomic E-state index is 0.0746. The van der Waals surface area contributed by atoms with Crippen LogP contribution in [0, 0.1) is 10.1 Å². The number of nitro benzene ring substituents is 1. The molecule has 0 amide bonds. The van der Waals surface area contributed by atoms with Crippen LogP contribution < -0.4 is 10.6 Å². The van der Waals surface area contributed by atoms with Gasteiger partial charge in [0.05, 0.1) is 17.6 Å². The quantitative estimate of drug-likeness (QED) is 0.161. The molecule has 4 atom stereocenters. The van der Waals surface area contributed by atoms with Crippen molar-refractivity contribution in [3.05, 3.63) is 34.4 Å². The minimum atomic E-state index is -1.72. The molecule has 0 radical (unpaired) electrons. The van der Waals surface area contributed by atoms with Gasteiger partial charge in [-0.3, -0.25) is 10.1 Å². The average Bonchev–Trinajstić information content (AvgIpc) is 2.57. The standard InChI is InChI=1S/C13H19N3O7S/c17-6-10(19)12(21)11(20)9(18)5-14-13(24)15-7-1-3-8(4-2-7)16(22)23/h1-4,9-12,17-21H,5-6H2,(H2,14,15,24)/t9-,10+,11+,12+/m0/s1. The molecule has 1 aromatic rings. The Morgan fingerprint density at radius 3 is 2.17 bits per heavy atom. The molecule has 0 spiro atoms. The maximum absolute atomic E-state index is 10.5. The second kappa shape index (κ2) is 9.42. The van der Waals surface area contributed by atoms with Crippen LogP contribution >= 0.6 is 12.2 Å². The van der Waals surface area contributed by atoms with Gasteiger partial charge in [0.2, 0.25) is 0 Å². The molecule has 0 saturated carbocycles. The van der Waals surface area contributed by atoms with Gasteiger partial charge in [-0.25, -0.2) is 0 Å². The van der Waals surface area contributed by atoms with Crippen LogP contribution in [0.1, 0.15) is 0 Å². The van der Waals surface area contributed by atoms with Crippen molar-refractivity contribution >= 4 is 28.7 Å². The van der Waals surface area contributed by atoms with E-state index in [4.69, 9.17) is 17.3 Å². The van der Waals surface area contributed by atoms with Gasteiger partial charge in [-0.15, -0.1) is 0 Å². The largest absolute Gasteiger partial charge is 0.394 e. The zero-order valence-electron chi connectivity index (χ0n) is 12.4. The Morgan fingerprint density at radius 2 is 1.67 bits per heavy atom. The Hall–Kier alpha value is -1.89. The van der Waals surface area contributed by atoms with E-state index in [0.717, 1.165) is 0 Å². The number of anilines is 1. The van der Waals surface area contributed by atoms with Crippen LogP contribution in [0.15, 0.2) is 24.3 Å². The number of nitrogens with zero attached hydrogens (tertiary/aromatic N) is 1. The predicted molar refractivity (Wildman–Crippen MR) is 88.4 cm³/mol. The molecule has 0 aliphatic heterocycles. The summed E-state index contributed by atoms with van der Waals surface area (Å²) < 4.78 is 0. The first-order chi connectivity index (χ1) is 11.3. The highest BCUT2D eigenvalue weighted by Crippen LogP contribution is 2.15. The second-order valence-electron chi connectivity index (χ2n) is 4.94. The molecule has 1 aromatic carbocycles. The van der Waals surface area contributed by atoms with Crippen LogP contribution in [0.2, 0.25) is 0 Å². The second-order valence-corrected chi connectivity index (χ2v) is 5.35. The van der Waals surface area contributed by atoms with E-state index in [1.165, 1.54) is 24.3 Å². The van der Waals surface area contributed by atoms with Gasteiger partial charge in [0.25, 0.3) is 5.69 Å². The fraction of sp³-hybridized carbons (Fsp3) is 0.462. The van der Waals surface area contributed by atoms with Crippen LogP contribution in [-0.2, 0) is 0 Å². The van der Waals surface area contributed by atoms with E-state index >= 15 is 0 Å². The first-order valence-corrected chi connectivity index (χ1v) is 7.29. The van der Waals surface area contributed by atoms with E-state index in [2.05, 4.69) is 10.6 Å². The third-order valence-corrected chi connectivity index (χ3v) is 3.38. The van der Waals surface area contributed by atoms with E-state index < -0.39 is 35.9 Å². The molecule has 1 rings (SSSR count). The van der Waals surface area contributed by atoms with Gasteiger partial charge in [0.1, 0.15) is 18.3 Å². The fourth-order valence-corrected chi connectivity index (χ4v) is 1.92. The predicted octanol–water partition coefficient (Wildman–Crippen LogP) is -1.68. The van der Waals surface area contributed by atoms with Crippen molar-refractivity contribution in [2.75, 3.05) is 18.5 Å². The average molecular weight is 361 g/mol. The number of non-ortho nitro benzene ring substituents is 1. The molecular formula is C13H19N3O7S. The third-order valence-electron chi connectivity index (χ3n) is 3.13. The summed E-state index contributed by atoms with van der Waals surface area (Å²) in [6.07, 6.45) is -6.46. The summed E-state index contributed by atoms with van der Waals surface area (Å²) in [5, 5.41) is 62.6. The number of benzene rings is 1. The topological polar surface area (TPSA) is 168 Å². The third kappa shape index (κ3) is 5.96. The molecule has 0 heterocycles. The number of aliphatic hydroxyl groups is 5. The van der Waals surface area contributed by atoms with Gasteiger partial charge in [0.15, 0.2) is 5.11 Å². The van der Waals surface area contributed by atoms with Crippen LogP contribution in [0.25, 0.3) is 0 Å². The number of rotatable bonds is 8. The van der Waals surface area contributed by atoms with Gasteiger partial charge >= 0.3 is 0 Å². The van der Waals surface area contributed by atoms with Crippen LogP contribution in [0.5, 0.6) is 0 Å². The summed E-state index contributed by atoms with van der Waals surface area (Å²) in [4.78, 5) is 10.0. The Morgan fingerprint density at radius 1 is 1.12 bits per heavy atom. The molecule has 134 valence electrons. The number of nitrogens with one attached hydrogen (secondary N) is 2. The molecule has 10 nitrogen and oxygen atoms in total. The van der Waals surface area contributed by atoms with Crippen molar-refractivity contribution in [2.24, 2.45) is 0 Å². The van der Waals surface area contributed by atoms with Crippen LogP contribution in [-0.4, -0.2) is 73.1 Å². The molecule has 24 heavy (non-hydrogen) atoms. The molecule has 0 aliphatic carbocycles. The fourth-order valence-electron chi connectivity index (χ4n) is 1.72. The van der Waals surface area contributed by atoms with Crippen molar-refractivity contribution in [2.45, 2.75) is 24.4 Å². The number of hydrogen-bond acceptors (Lipinski definition) is 8. The van der Waals surface area contributed by atoms with E-state index in [0.29, 0.717) is 5.69 Å². The Bertz CT molecular complexity index is 557. The summed E-state index contributed by atoms with van der Waals surface area (Å²) in [6.45, 7) is -1.01. The van der Waals surface area contributed by atoms with Crippen molar-refractivity contribution in [3.8, 4) is 0 Å². The lowest BCUT2D eigenvalue weighted by molar-refractivity contribution is -0.384. The molecule has 0 aliphatic rings. The molecule has 0 unspecified atom stereocenters. The van der Waals surface area contributed by atoms with Gasteiger partial charge in [-0.2, -0.15) is 0 Å². The highest BCUT2D eigenvalue weighted by Gasteiger charge is 2.29. The number of nitro groups is 1. The van der Waals surface area contributed by atoms with Crippen molar-refractivity contribution < 1.29 is 30.5 Å². The van der Waals surface area contributed by atoms with Crippen LogP contribution in [0.4, 0.5) is 11.4 Å². The highest BCUT2D eigenvalue weighted by atomic mass is 32.1. The van der Waals surface area contributed by atoms with E-state index in [9.17, 15) is 30.5 Å². The summed E-state index contributed by atoms with van der Waals surface area (Å²) in [5.41, 5.74) is 0.401. The molecular weight excluding hydrogens is 342 g/mol. The molecule has 0 aromatic heterocycles. The Labute approximate surface area is 142 Å². The number of thiocarbonyl (C=S) groups is 1. The highest BCUT2D eigenvalue weighted by molar-refractivity contribution is 7.80. The summed E-state index contributed by atoms with van der Waals surface area (Å²) in [6, 6.07) is 5.46. The zero-order chi connectivity index (χ0) is 18.3. The lowest BCUT2D eigenvalue weighted by atomic mass is 10.0. The minimum Gasteiger partial charge on any atom is -0.394 e. The van der Waals surface area contributed by atoms with E-state index in [-0.39, 0.29) is 17.3 Å². The molecule has 11 heteroatoms.